The Morgan fingerprint density at radius 2 is 1.93 bits per heavy atom. The van der Waals surface area contributed by atoms with Gasteiger partial charge in [-0.3, -0.25) is 10.1 Å². The van der Waals surface area contributed by atoms with Crippen LogP contribution in [-0.4, -0.2) is 17.1 Å². The van der Waals surface area contributed by atoms with Crippen LogP contribution in [0.2, 0.25) is 0 Å². The van der Waals surface area contributed by atoms with Gasteiger partial charge in [0.1, 0.15) is 0 Å². The first-order chi connectivity index (χ1) is 7.25. The van der Waals surface area contributed by atoms with Gasteiger partial charge < -0.3 is 5.32 Å². The molecular formula is C11H12N2OS. The van der Waals surface area contributed by atoms with Gasteiger partial charge in [0, 0.05) is 11.6 Å². The van der Waals surface area contributed by atoms with Crippen LogP contribution in [-0.2, 0) is 0 Å². The van der Waals surface area contributed by atoms with E-state index in [9.17, 15) is 4.79 Å². The van der Waals surface area contributed by atoms with Crippen molar-refractivity contribution < 1.29 is 4.79 Å². The van der Waals surface area contributed by atoms with Gasteiger partial charge in [0.05, 0.1) is 0 Å². The molecule has 78 valence electrons. The van der Waals surface area contributed by atoms with Gasteiger partial charge in [0.2, 0.25) is 0 Å². The molecule has 1 amide bonds. The highest BCUT2D eigenvalue weighted by Crippen LogP contribution is 2.18. The predicted molar refractivity (Wildman–Crippen MR) is 62.7 cm³/mol. The molecule has 1 saturated carbocycles. The van der Waals surface area contributed by atoms with E-state index in [1.165, 1.54) is 0 Å². The van der Waals surface area contributed by atoms with Gasteiger partial charge in [-0.15, -0.1) is 0 Å². The molecule has 1 aliphatic rings. The topological polar surface area (TPSA) is 41.1 Å². The monoisotopic (exact) mass is 220 g/mol. The summed E-state index contributed by atoms with van der Waals surface area (Å²) < 4.78 is 0. The average molecular weight is 220 g/mol. The lowest BCUT2D eigenvalue weighted by atomic mass is 10.2. The summed E-state index contributed by atoms with van der Waals surface area (Å²) in [6, 6.07) is 9.51. The lowest BCUT2D eigenvalue weighted by molar-refractivity contribution is 0.0976. The van der Waals surface area contributed by atoms with Crippen LogP contribution in [0.4, 0.5) is 0 Å². The molecule has 3 nitrogen and oxygen atoms in total. The Hall–Kier alpha value is -1.42. The van der Waals surface area contributed by atoms with E-state index in [0.29, 0.717) is 16.7 Å². The van der Waals surface area contributed by atoms with E-state index in [0.717, 1.165) is 12.8 Å². The summed E-state index contributed by atoms with van der Waals surface area (Å²) in [7, 11) is 0. The van der Waals surface area contributed by atoms with Crippen molar-refractivity contribution >= 4 is 23.2 Å². The summed E-state index contributed by atoms with van der Waals surface area (Å²) in [5.41, 5.74) is 0.623. The number of thiocarbonyl (C=S) groups is 1. The normalized spacial score (nSPS) is 14.4. The van der Waals surface area contributed by atoms with Crippen molar-refractivity contribution in [2.24, 2.45) is 0 Å². The maximum Gasteiger partial charge on any atom is 0.257 e. The van der Waals surface area contributed by atoms with Crippen LogP contribution in [0.25, 0.3) is 0 Å². The summed E-state index contributed by atoms with van der Waals surface area (Å²) in [6.07, 6.45) is 2.28. The Morgan fingerprint density at radius 1 is 1.27 bits per heavy atom. The van der Waals surface area contributed by atoms with Gasteiger partial charge in [-0.25, -0.2) is 0 Å². The highest BCUT2D eigenvalue weighted by atomic mass is 32.1. The molecular weight excluding hydrogens is 208 g/mol. The van der Waals surface area contributed by atoms with Gasteiger partial charge in [0.15, 0.2) is 5.11 Å². The van der Waals surface area contributed by atoms with Gasteiger partial charge in [-0.1, -0.05) is 18.2 Å². The molecule has 1 aromatic carbocycles. The van der Waals surface area contributed by atoms with E-state index in [-0.39, 0.29) is 5.91 Å². The smallest absolute Gasteiger partial charge is 0.257 e. The van der Waals surface area contributed by atoms with Crippen LogP contribution in [0, 0.1) is 0 Å². The summed E-state index contributed by atoms with van der Waals surface area (Å²) in [5, 5.41) is 6.13. The van der Waals surface area contributed by atoms with E-state index in [1.54, 1.807) is 12.1 Å². The minimum absolute atomic E-state index is 0.159. The van der Waals surface area contributed by atoms with Crippen molar-refractivity contribution in [2.45, 2.75) is 18.9 Å². The Bertz CT molecular complexity index is 373. The molecule has 0 heterocycles. The molecule has 15 heavy (non-hydrogen) atoms. The van der Waals surface area contributed by atoms with E-state index in [1.807, 2.05) is 18.2 Å². The summed E-state index contributed by atoms with van der Waals surface area (Å²) in [5.74, 6) is -0.159. The Morgan fingerprint density at radius 3 is 2.53 bits per heavy atom. The zero-order chi connectivity index (χ0) is 10.7. The predicted octanol–water partition coefficient (Wildman–Crippen LogP) is 1.45. The van der Waals surface area contributed by atoms with Crippen LogP contribution in [0.5, 0.6) is 0 Å². The zero-order valence-corrected chi connectivity index (χ0v) is 9.01. The molecule has 2 N–H and O–H groups in total. The molecule has 0 spiro atoms. The number of benzene rings is 1. The Labute approximate surface area is 93.9 Å². The first-order valence-corrected chi connectivity index (χ1v) is 5.33. The van der Waals surface area contributed by atoms with Crippen molar-refractivity contribution in [3.05, 3.63) is 35.9 Å². The van der Waals surface area contributed by atoms with E-state index in [4.69, 9.17) is 12.2 Å². The molecule has 2 rings (SSSR count). The minimum Gasteiger partial charge on any atom is -0.360 e. The Kier molecular flexibility index (Phi) is 2.97. The van der Waals surface area contributed by atoms with Crippen LogP contribution in [0.15, 0.2) is 30.3 Å². The second-order valence-electron chi connectivity index (χ2n) is 3.57. The lowest BCUT2D eigenvalue weighted by Crippen LogP contribution is -2.40. The number of rotatable bonds is 2. The fraction of sp³-hybridized carbons (Fsp3) is 0.273. The first kappa shape index (κ1) is 10.1. The molecule has 1 aromatic rings. The van der Waals surface area contributed by atoms with Gasteiger partial charge in [-0.05, 0) is 37.2 Å². The molecule has 0 bridgehead atoms. The molecule has 0 aliphatic heterocycles. The van der Waals surface area contributed by atoms with Crippen LogP contribution in [0.1, 0.15) is 23.2 Å². The van der Waals surface area contributed by atoms with Gasteiger partial charge in [0.25, 0.3) is 5.91 Å². The quantitative estimate of drug-likeness (QED) is 0.741. The molecule has 0 aromatic heterocycles. The third kappa shape index (κ3) is 3.02. The van der Waals surface area contributed by atoms with Crippen LogP contribution in [0.3, 0.4) is 0 Å². The van der Waals surface area contributed by atoms with Crippen molar-refractivity contribution in [1.82, 2.24) is 10.6 Å². The number of carbonyl (C=O) groups excluding carboxylic acids is 1. The number of carbonyl (C=O) groups is 1. The third-order valence-corrected chi connectivity index (χ3v) is 2.40. The minimum atomic E-state index is -0.159. The highest BCUT2D eigenvalue weighted by Gasteiger charge is 2.22. The van der Waals surface area contributed by atoms with Crippen molar-refractivity contribution in [1.29, 1.82) is 0 Å². The van der Waals surface area contributed by atoms with E-state index < -0.39 is 0 Å². The SMILES string of the molecule is O=C(NC(=S)NC1CC1)c1ccccc1. The average Bonchev–Trinajstić information content (AvgIpc) is 3.03. The lowest BCUT2D eigenvalue weighted by Gasteiger charge is -2.07. The maximum absolute atomic E-state index is 11.6. The fourth-order valence-electron chi connectivity index (χ4n) is 1.21. The standard InChI is InChI=1S/C11H12N2OS/c14-10(8-4-2-1-3-5-8)13-11(15)12-9-6-7-9/h1-5,9H,6-7H2,(H2,12,13,14,15). The van der Waals surface area contributed by atoms with Gasteiger partial charge in [-0.2, -0.15) is 0 Å². The van der Waals surface area contributed by atoms with Crippen molar-refractivity contribution in [2.75, 3.05) is 0 Å². The molecule has 1 fully saturated rings. The van der Waals surface area contributed by atoms with Crippen molar-refractivity contribution in [3.8, 4) is 0 Å². The second kappa shape index (κ2) is 4.40. The van der Waals surface area contributed by atoms with Crippen LogP contribution < -0.4 is 10.6 Å². The molecule has 0 saturated heterocycles. The Balaban J connectivity index is 1.88. The molecule has 4 heteroatoms. The van der Waals surface area contributed by atoms with E-state index >= 15 is 0 Å². The summed E-state index contributed by atoms with van der Waals surface area (Å²) in [4.78, 5) is 11.6. The molecule has 0 unspecified atom stereocenters. The number of amides is 1. The second-order valence-corrected chi connectivity index (χ2v) is 3.98. The first-order valence-electron chi connectivity index (χ1n) is 4.92. The van der Waals surface area contributed by atoms with Crippen LogP contribution >= 0.6 is 12.2 Å². The third-order valence-electron chi connectivity index (χ3n) is 2.18. The van der Waals surface area contributed by atoms with E-state index in [2.05, 4.69) is 10.6 Å². The summed E-state index contributed by atoms with van der Waals surface area (Å²) >= 11 is 5.00. The number of nitrogens with one attached hydrogen (secondary N) is 2. The molecule has 0 radical (unpaired) electrons. The molecule has 1 aliphatic carbocycles. The number of hydrogen-bond donors (Lipinski definition) is 2. The van der Waals surface area contributed by atoms with Gasteiger partial charge >= 0.3 is 0 Å². The zero-order valence-electron chi connectivity index (χ0n) is 8.19. The number of hydrogen-bond acceptors (Lipinski definition) is 2. The largest absolute Gasteiger partial charge is 0.360 e. The molecule has 0 atom stereocenters. The fourth-order valence-corrected chi connectivity index (χ4v) is 1.47. The highest BCUT2D eigenvalue weighted by molar-refractivity contribution is 7.80. The maximum atomic E-state index is 11.6. The summed E-state index contributed by atoms with van der Waals surface area (Å²) in [6.45, 7) is 0. The van der Waals surface area contributed by atoms with Crippen molar-refractivity contribution in [3.63, 3.8) is 0 Å².